The van der Waals surface area contributed by atoms with Crippen LogP contribution in [0.4, 0.5) is 0 Å². The van der Waals surface area contributed by atoms with Gasteiger partial charge in [0.15, 0.2) is 0 Å². The fourth-order valence-corrected chi connectivity index (χ4v) is 1.74. The fourth-order valence-electron chi connectivity index (χ4n) is 1.18. The summed E-state index contributed by atoms with van der Waals surface area (Å²) in [5.41, 5.74) is 1.04. The molecule has 1 N–H and O–H groups in total. The maximum atomic E-state index is 10.6. The Hall–Kier alpha value is -0.800. The van der Waals surface area contributed by atoms with E-state index in [1.54, 1.807) is 0 Å². The zero-order valence-electron chi connectivity index (χ0n) is 8.97. The average Bonchev–Trinajstić information content (AvgIpc) is 2.22. The first kappa shape index (κ1) is 13.3. The van der Waals surface area contributed by atoms with Gasteiger partial charge in [0.1, 0.15) is 0 Å². The second kappa shape index (κ2) is 6.71. The van der Waals surface area contributed by atoms with Crippen LogP contribution in [0.2, 0.25) is 5.02 Å². The number of amides is 1. The Balaban J connectivity index is 2.49. The Morgan fingerprint density at radius 2 is 2.31 bits per heavy atom. The smallest absolute Gasteiger partial charge is 0.216 e. The fraction of sp³-hybridized carbons (Fsp3) is 0.250. The van der Waals surface area contributed by atoms with Gasteiger partial charge < -0.3 is 5.32 Å². The number of hydrogen-bond donors (Lipinski definition) is 1. The van der Waals surface area contributed by atoms with E-state index in [0.29, 0.717) is 11.6 Å². The molecule has 0 aliphatic heterocycles. The van der Waals surface area contributed by atoms with E-state index in [4.69, 9.17) is 11.6 Å². The van der Waals surface area contributed by atoms with E-state index in [9.17, 15) is 4.79 Å². The summed E-state index contributed by atoms with van der Waals surface area (Å²) in [6.07, 6.45) is 4.79. The number of carbonyl (C=O) groups excluding carboxylic acids is 1. The minimum atomic E-state index is -0.00247. The van der Waals surface area contributed by atoms with E-state index in [2.05, 4.69) is 21.2 Å². The van der Waals surface area contributed by atoms with Crippen LogP contribution in [0.15, 0.2) is 28.7 Å². The molecule has 2 nitrogen and oxygen atoms in total. The topological polar surface area (TPSA) is 29.1 Å². The van der Waals surface area contributed by atoms with Crippen molar-refractivity contribution in [2.24, 2.45) is 0 Å². The van der Waals surface area contributed by atoms with Crippen molar-refractivity contribution in [2.45, 2.75) is 13.3 Å². The molecule has 0 aliphatic carbocycles. The van der Waals surface area contributed by atoms with E-state index in [1.165, 1.54) is 6.92 Å². The van der Waals surface area contributed by atoms with Gasteiger partial charge in [-0.2, -0.15) is 0 Å². The van der Waals surface area contributed by atoms with Crippen molar-refractivity contribution in [3.63, 3.8) is 0 Å². The Morgan fingerprint density at radius 3 is 3.00 bits per heavy atom. The molecule has 0 aromatic heterocycles. The Labute approximate surface area is 109 Å². The highest BCUT2D eigenvalue weighted by atomic mass is 79.9. The van der Waals surface area contributed by atoms with Crippen LogP contribution in [-0.2, 0) is 4.79 Å². The normalized spacial score (nSPS) is 10.7. The second-order valence-electron chi connectivity index (χ2n) is 3.34. The van der Waals surface area contributed by atoms with Gasteiger partial charge in [-0.25, -0.2) is 0 Å². The molecule has 0 spiro atoms. The van der Waals surface area contributed by atoms with Gasteiger partial charge >= 0.3 is 0 Å². The number of carbonyl (C=O) groups is 1. The van der Waals surface area contributed by atoms with Crippen molar-refractivity contribution in [1.82, 2.24) is 5.32 Å². The molecular weight excluding hydrogens is 289 g/mol. The van der Waals surface area contributed by atoms with Crippen molar-refractivity contribution in [3.8, 4) is 0 Å². The molecule has 16 heavy (non-hydrogen) atoms. The third-order valence-corrected chi connectivity index (χ3v) is 2.90. The summed E-state index contributed by atoms with van der Waals surface area (Å²) in [7, 11) is 0. The monoisotopic (exact) mass is 301 g/mol. The van der Waals surface area contributed by atoms with Crippen LogP contribution >= 0.6 is 27.5 Å². The third kappa shape index (κ3) is 4.81. The second-order valence-corrected chi connectivity index (χ2v) is 4.63. The lowest BCUT2D eigenvalue weighted by molar-refractivity contribution is -0.118. The molecule has 4 heteroatoms. The zero-order chi connectivity index (χ0) is 12.0. The average molecular weight is 303 g/mol. The van der Waals surface area contributed by atoms with Crippen LogP contribution < -0.4 is 5.32 Å². The standard InChI is InChI=1S/C12H13BrClNO/c1-9(16)15-7-3-2-4-10-8-11(14)5-6-12(10)13/h2,4-6,8H,3,7H2,1H3,(H,15,16). The van der Waals surface area contributed by atoms with E-state index in [0.717, 1.165) is 16.5 Å². The predicted molar refractivity (Wildman–Crippen MR) is 71.5 cm³/mol. The van der Waals surface area contributed by atoms with Crippen LogP contribution in [0.1, 0.15) is 18.9 Å². The van der Waals surface area contributed by atoms with Gasteiger partial charge in [0, 0.05) is 23.0 Å². The van der Waals surface area contributed by atoms with Gasteiger partial charge in [-0.05, 0) is 30.2 Å². The van der Waals surface area contributed by atoms with E-state index >= 15 is 0 Å². The summed E-state index contributed by atoms with van der Waals surface area (Å²) in [5.74, 6) is -0.00247. The molecule has 1 rings (SSSR count). The Morgan fingerprint density at radius 1 is 1.56 bits per heavy atom. The molecule has 0 saturated heterocycles. The van der Waals surface area contributed by atoms with Crippen LogP contribution in [0.25, 0.3) is 6.08 Å². The predicted octanol–water partition coefficient (Wildman–Crippen LogP) is 3.64. The molecule has 0 unspecified atom stereocenters. The van der Waals surface area contributed by atoms with Gasteiger partial charge in [-0.3, -0.25) is 4.79 Å². The maximum Gasteiger partial charge on any atom is 0.216 e. The Bertz CT molecular complexity index is 404. The SMILES string of the molecule is CC(=O)NCCC=Cc1cc(Cl)ccc1Br. The summed E-state index contributed by atoms with van der Waals surface area (Å²) >= 11 is 9.33. The number of halogens is 2. The maximum absolute atomic E-state index is 10.6. The van der Waals surface area contributed by atoms with Crippen LogP contribution in [-0.4, -0.2) is 12.5 Å². The highest BCUT2D eigenvalue weighted by Gasteiger charge is 1.96. The number of rotatable bonds is 4. The molecule has 86 valence electrons. The van der Waals surface area contributed by atoms with E-state index in [-0.39, 0.29) is 5.91 Å². The number of benzene rings is 1. The molecule has 1 aromatic carbocycles. The number of hydrogen-bond acceptors (Lipinski definition) is 1. The van der Waals surface area contributed by atoms with Gasteiger partial charge in [0.25, 0.3) is 0 Å². The quantitative estimate of drug-likeness (QED) is 0.845. The molecule has 0 heterocycles. The third-order valence-electron chi connectivity index (χ3n) is 1.94. The van der Waals surface area contributed by atoms with E-state index in [1.807, 2.05) is 30.4 Å². The van der Waals surface area contributed by atoms with Gasteiger partial charge in [0.05, 0.1) is 0 Å². The van der Waals surface area contributed by atoms with E-state index < -0.39 is 0 Å². The van der Waals surface area contributed by atoms with Crippen molar-refractivity contribution in [3.05, 3.63) is 39.3 Å². The first-order valence-corrected chi connectivity index (χ1v) is 6.12. The van der Waals surface area contributed by atoms with Crippen LogP contribution in [0.5, 0.6) is 0 Å². The lowest BCUT2D eigenvalue weighted by Crippen LogP contribution is -2.20. The first-order valence-electron chi connectivity index (χ1n) is 4.95. The van der Waals surface area contributed by atoms with Crippen molar-refractivity contribution in [2.75, 3.05) is 6.54 Å². The Kier molecular flexibility index (Phi) is 5.56. The summed E-state index contributed by atoms with van der Waals surface area (Å²) < 4.78 is 1.01. The highest BCUT2D eigenvalue weighted by Crippen LogP contribution is 2.22. The van der Waals surface area contributed by atoms with Gasteiger partial charge in [-0.15, -0.1) is 0 Å². The highest BCUT2D eigenvalue weighted by molar-refractivity contribution is 9.10. The molecule has 0 saturated carbocycles. The molecule has 1 aromatic rings. The van der Waals surface area contributed by atoms with Crippen LogP contribution in [0, 0.1) is 0 Å². The summed E-state index contributed by atoms with van der Waals surface area (Å²) in [6, 6.07) is 5.64. The van der Waals surface area contributed by atoms with Crippen molar-refractivity contribution < 1.29 is 4.79 Å². The lowest BCUT2D eigenvalue weighted by Gasteiger charge is -2.00. The molecule has 0 fully saturated rings. The summed E-state index contributed by atoms with van der Waals surface area (Å²) in [6.45, 7) is 2.17. The lowest BCUT2D eigenvalue weighted by atomic mass is 10.2. The van der Waals surface area contributed by atoms with Gasteiger partial charge in [0.2, 0.25) is 5.91 Å². The van der Waals surface area contributed by atoms with Crippen molar-refractivity contribution in [1.29, 1.82) is 0 Å². The molecule has 0 atom stereocenters. The van der Waals surface area contributed by atoms with Gasteiger partial charge in [-0.1, -0.05) is 39.7 Å². The first-order chi connectivity index (χ1) is 7.59. The summed E-state index contributed by atoms with van der Waals surface area (Å²) in [4.78, 5) is 10.6. The molecule has 1 amide bonds. The summed E-state index contributed by atoms with van der Waals surface area (Å²) in [5, 5.41) is 3.44. The minimum absolute atomic E-state index is 0.00247. The zero-order valence-corrected chi connectivity index (χ0v) is 11.3. The molecule has 0 bridgehead atoms. The number of nitrogens with one attached hydrogen (secondary N) is 1. The largest absolute Gasteiger partial charge is 0.356 e. The van der Waals surface area contributed by atoms with Crippen molar-refractivity contribution >= 4 is 39.5 Å². The molecule has 0 aliphatic rings. The molecule has 0 radical (unpaired) electrons. The minimum Gasteiger partial charge on any atom is -0.356 e. The van der Waals surface area contributed by atoms with Crippen LogP contribution in [0.3, 0.4) is 0 Å². The molecular formula is C12H13BrClNO.